The molecule has 11 rings (SSSR count). The molecule has 0 amide bonds. The molecule has 10 aromatic carbocycles. The average molecular weight is 677 g/mol. The predicted molar refractivity (Wildman–Crippen MR) is 218 cm³/mol. The fourth-order valence-electron chi connectivity index (χ4n) is 6.55. The van der Waals surface area contributed by atoms with E-state index >= 15 is 0 Å². The SMILES string of the molecule is [2H]c1c(-c2c([2H])c([2H])c3c([2H])c([2H])c([2H])c([2H])c3c2-c2c3c([2H])c([2H])c([2H])c([2H])c3c(-c3c([2H])c([2H])c([2H])c4c([2H])c([2H])c([2H])c([2H])c34)c3c([2H])c([2H])c([2H])c([2H])c23)c([2H])c2c(oc3c([2H])c([2H])c4c([2H])c([2H])c([2H])c([2H])c4c32)c1[2H]. The lowest BCUT2D eigenvalue weighted by molar-refractivity contribution is 0.669. The van der Waals surface area contributed by atoms with Crippen molar-refractivity contribution in [3.63, 3.8) is 0 Å². The monoisotopic (exact) mass is 676 g/mol. The van der Waals surface area contributed by atoms with Crippen LogP contribution in [0, 0.1) is 0 Å². The van der Waals surface area contributed by atoms with Crippen LogP contribution in [0.2, 0.25) is 0 Å². The number of rotatable bonds is 3. The normalized spacial score (nSPS) is 20.2. The highest BCUT2D eigenvalue weighted by Gasteiger charge is 2.22. The molecular formula is C50H30O. The third-order valence-electron chi connectivity index (χ3n) is 8.64. The van der Waals surface area contributed by atoms with Crippen LogP contribution in [-0.4, -0.2) is 0 Å². The van der Waals surface area contributed by atoms with Crippen LogP contribution < -0.4 is 0 Å². The minimum atomic E-state index is -1.13. The van der Waals surface area contributed by atoms with Crippen molar-refractivity contribution >= 4 is 75.8 Å². The van der Waals surface area contributed by atoms with Gasteiger partial charge in [-0.1, -0.05) is 163 Å². The molecule has 1 nitrogen and oxygen atoms in total. The van der Waals surface area contributed by atoms with E-state index < -0.39 is 290 Å². The minimum absolute atomic E-state index is 0.470. The van der Waals surface area contributed by atoms with Gasteiger partial charge in [-0.25, -0.2) is 0 Å². The number of fused-ring (bicyclic) bond motifs is 9. The van der Waals surface area contributed by atoms with E-state index in [2.05, 4.69) is 0 Å². The molecule has 0 radical (unpaired) electrons. The Morgan fingerprint density at radius 2 is 0.824 bits per heavy atom. The minimum Gasteiger partial charge on any atom is -0.456 e. The van der Waals surface area contributed by atoms with Crippen molar-refractivity contribution in [2.45, 2.75) is 0 Å². The second-order valence-corrected chi connectivity index (χ2v) is 11.3. The molecule has 0 saturated carbocycles. The molecule has 51 heavy (non-hydrogen) atoms. The van der Waals surface area contributed by atoms with Crippen molar-refractivity contribution in [3.05, 3.63) is 181 Å². The quantitative estimate of drug-likeness (QED) is 0.170. The Balaban J connectivity index is 1.53. The molecule has 236 valence electrons. The first-order valence-electron chi connectivity index (χ1n) is 30.2. The van der Waals surface area contributed by atoms with Crippen LogP contribution in [0.1, 0.15) is 41.1 Å². The van der Waals surface area contributed by atoms with Crippen molar-refractivity contribution < 1.29 is 45.5 Å². The summed E-state index contributed by atoms with van der Waals surface area (Å²) < 4.78 is 281. The van der Waals surface area contributed by atoms with Crippen LogP contribution >= 0.6 is 0 Å². The summed E-state index contributed by atoms with van der Waals surface area (Å²) >= 11 is 0. The molecule has 0 atom stereocenters. The molecule has 0 aliphatic carbocycles. The molecule has 0 fully saturated rings. The van der Waals surface area contributed by atoms with Crippen molar-refractivity contribution in [3.8, 4) is 33.4 Å². The average Bonchev–Trinajstić information content (AvgIpc) is 3.84. The highest BCUT2D eigenvalue weighted by atomic mass is 16.3. The van der Waals surface area contributed by atoms with Gasteiger partial charge in [-0.2, -0.15) is 0 Å². The topological polar surface area (TPSA) is 13.1 Å². The van der Waals surface area contributed by atoms with Crippen LogP contribution in [0.25, 0.3) is 109 Å². The van der Waals surface area contributed by atoms with Crippen molar-refractivity contribution in [1.29, 1.82) is 0 Å². The van der Waals surface area contributed by atoms with Gasteiger partial charge in [0.25, 0.3) is 0 Å². The maximum absolute atomic E-state index is 10.1. The lowest BCUT2D eigenvalue weighted by Gasteiger charge is -2.22. The molecule has 0 aliphatic heterocycles. The van der Waals surface area contributed by atoms with Crippen molar-refractivity contribution in [2.75, 3.05) is 0 Å². The molecule has 0 unspecified atom stereocenters. The van der Waals surface area contributed by atoms with E-state index in [1.54, 1.807) is 0 Å². The number of benzene rings is 10. The molecule has 0 bridgehead atoms. The predicted octanol–water partition coefficient (Wildman–Crippen LogP) is 14.4. The van der Waals surface area contributed by atoms with Crippen molar-refractivity contribution in [1.82, 2.24) is 0 Å². The number of hydrogen-bond acceptors (Lipinski definition) is 1. The zero-order valence-corrected chi connectivity index (χ0v) is 25.4. The summed E-state index contributed by atoms with van der Waals surface area (Å²) in [7, 11) is 0. The van der Waals surface area contributed by atoms with Crippen LogP contribution in [-0.2, 0) is 0 Å². The van der Waals surface area contributed by atoms with Gasteiger partial charge in [0.1, 0.15) is 11.2 Å². The van der Waals surface area contributed by atoms with Crippen LogP contribution in [0.5, 0.6) is 0 Å². The molecule has 1 aromatic heterocycles. The van der Waals surface area contributed by atoms with Crippen LogP contribution in [0.3, 0.4) is 0 Å². The Morgan fingerprint density at radius 3 is 1.53 bits per heavy atom. The van der Waals surface area contributed by atoms with E-state index in [1.165, 1.54) is 0 Å². The first-order chi connectivity index (χ1) is 37.8. The molecule has 0 N–H and O–H groups in total. The van der Waals surface area contributed by atoms with E-state index in [1.807, 2.05) is 0 Å². The second-order valence-electron chi connectivity index (χ2n) is 11.3. The molecule has 1 heteroatoms. The third-order valence-corrected chi connectivity index (χ3v) is 8.64. The van der Waals surface area contributed by atoms with E-state index in [4.69, 9.17) is 29.1 Å². The van der Waals surface area contributed by atoms with Crippen LogP contribution in [0.4, 0.5) is 0 Å². The first kappa shape index (κ1) is 11.7. The van der Waals surface area contributed by atoms with Gasteiger partial charge >= 0.3 is 0 Å². The largest absolute Gasteiger partial charge is 0.456 e. The summed E-state index contributed by atoms with van der Waals surface area (Å²) in [6, 6.07) is -29.4. The third kappa shape index (κ3) is 4.16. The molecule has 0 spiro atoms. The van der Waals surface area contributed by atoms with Gasteiger partial charge in [-0.05, 0) is 105 Å². The van der Waals surface area contributed by atoms with Gasteiger partial charge in [0.15, 0.2) is 0 Å². The summed E-state index contributed by atoms with van der Waals surface area (Å²) in [6.45, 7) is 0. The molecular weight excluding hydrogens is 617 g/mol. The van der Waals surface area contributed by atoms with E-state index in [0.29, 0.717) is 0 Å². The Bertz CT molecular complexity index is 4840. The van der Waals surface area contributed by atoms with Crippen molar-refractivity contribution in [2.24, 2.45) is 0 Å². The van der Waals surface area contributed by atoms with Gasteiger partial charge in [-0.15, -0.1) is 0 Å². The first-order valence-corrected chi connectivity index (χ1v) is 15.2. The Kier molecular flexibility index (Phi) is 2.50. The van der Waals surface area contributed by atoms with E-state index in [-0.39, 0.29) is 0 Å². The van der Waals surface area contributed by atoms with Gasteiger partial charge in [-0.3, -0.25) is 0 Å². The summed E-state index contributed by atoms with van der Waals surface area (Å²) in [6.07, 6.45) is 0. The fraction of sp³-hybridized carbons (Fsp3) is 0. The van der Waals surface area contributed by atoms with Gasteiger partial charge in [0.2, 0.25) is 0 Å². The van der Waals surface area contributed by atoms with E-state index in [0.717, 1.165) is 0 Å². The van der Waals surface area contributed by atoms with Gasteiger partial charge in [0.05, 0.1) is 41.1 Å². The zero-order chi connectivity index (χ0) is 59.6. The standard InChI is InChI=1S/C50H30O/c1-4-16-35-31(12-1)15-11-23-39(35)47-40-19-7-9-21-42(40)50(43-22-10-8-20-41(43)47)49-37-18-6-3-13-32(37)24-27-38(49)34-26-28-45-44(30-34)48-36-17-5-2-14-33(36)25-29-46(48)51-45/h1-30H/i1D,2D,3D,4D,5D,6D,7D,8D,9D,10D,11D,12D,13D,14D,15D,16D,17D,18D,19D,20D,21D,22D,23D,24D,25D,26D,27D,28D,29D,30D. The van der Waals surface area contributed by atoms with Gasteiger partial charge in [0, 0.05) is 10.8 Å². The Morgan fingerprint density at radius 1 is 0.314 bits per heavy atom. The molecule has 0 aliphatic rings. The highest BCUT2D eigenvalue weighted by molar-refractivity contribution is 6.27. The maximum atomic E-state index is 10.1. The van der Waals surface area contributed by atoms with Crippen LogP contribution in [0.15, 0.2) is 186 Å². The second kappa shape index (κ2) is 10.9. The summed E-state index contributed by atoms with van der Waals surface area (Å²) in [5.74, 6) is 0. The molecule has 11 aromatic rings. The summed E-state index contributed by atoms with van der Waals surface area (Å²) in [5.41, 5.74) is -6.46. The molecule has 0 saturated heterocycles. The Labute approximate surface area is 336 Å². The smallest absolute Gasteiger partial charge is 0.136 e. The van der Waals surface area contributed by atoms with E-state index in [9.17, 15) is 16.4 Å². The lowest BCUT2D eigenvalue weighted by Crippen LogP contribution is -1.94. The highest BCUT2D eigenvalue weighted by Crippen LogP contribution is 2.49. The summed E-state index contributed by atoms with van der Waals surface area (Å²) in [5, 5.41) is -8.48. The summed E-state index contributed by atoms with van der Waals surface area (Å²) in [4.78, 5) is 0. The molecule has 1 heterocycles. The fourth-order valence-corrected chi connectivity index (χ4v) is 6.55. The maximum Gasteiger partial charge on any atom is 0.136 e. The van der Waals surface area contributed by atoms with Gasteiger partial charge < -0.3 is 4.42 Å². The zero-order valence-electron chi connectivity index (χ0n) is 55.4. The Hall–Kier alpha value is -6.70. The number of hydrogen-bond donors (Lipinski definition) is 0. The number of furan rings is 1. The lowest BCUT2D eigenvalue weighted by atomic mass is 9.81.